The van der Waals surface area contributed by atoms with Crippen molar-refractivity contribution in [1.29, 1.82) is 10.7 Å². The summed E-state index contributed by atoms with van der Waals surface area (Å²) >= 11 is 0. The lowest BCUT2D eigenvalue weighted by Crippen LogP contribution is -2.25. The number of esters is 1. The van der Waals surface area contributed by atoms with Gasteiger partial charge in [-0.15, -0.1) is 0 Å². The highest BCUT2D eigenvalue weighted by molar-refractivity contribution is 6.06. The van der Waals surface area contributed by atoms with Crippen LogP contribution in [0, 0.1) is 36.5 Å². The number of nitrogens with one attached hydrogen (secondary N) is 1. The molecule has 0 fully saturated rings. The first-order valence-corrected chi connectivity index (χ1v) is 8.65. The molecule has 2 aromatic rings. The fourth-order valence-corrected chi connectivity index (χ4v) is 2.49. The molecule has 0 saturated heterocycles. The van der Waals surface area contributed by atoms with E-state index in [1.165, 1.54) is 26.2 Å². The van der Waals surface area contributed by atoms with E-state index in [9.17, 15) is 9.59 Å². The third kappa shape index (κ3) is 5.19. The van der Waals surface area contributed by atoms with Gasteiger partial charge in [0, 0.05) is 5.71 Å². The standard InChI is InChI=1S/C20H21N3O6/c1-11(22)15(8-21)17(24)10-28-20(25)14-5-6-18(19(7-14)26-4)27-9-16-12(2)23-29-13(16)3/h5-7,15,22H,9-10H2,1-4H3/t15-/m0/s1. The van der Waals surface area contributed by atoms with Crippen LogP contribution in [0.4, 0.5) is 0 Å². The minimum atomic E-state index is -1.22. The largest absolute Gasteiger partial charge is 0.493 e. The molecule has 9 heteroatoms. The van der Waals surface area contributed by atoms with Crippen LogP contribution < -0.4 is 9.47 Å². The van der Waals surface area contributed by atoms with Gasteiger partial charge in [-0.3, -0.25) is 4.79 Å². The number of hydrogen-bond donors (Lipinski definition) is 1. The summed E-state index contributed by atoms with van der Waals surface area (Å²) in [6.45, 7) is 4.56. The summed E-state index contributed by atoms with van der Waals surface area (Å²) in [4.78, 5) is 24.1. The van der Waals surface area contributed by atoms with Crippen LogP contribution in [0.15, 0.2) is 22.7 Å². The molecule has 0 radical (unpaired) electrons. The number of nitriles is 1. The highest BCUT2D eigenvalue weighted by Gasteiger charge is 2.22. The summed E-state index contributed by atoms with van der Waals surface area (Å²) in [6, 6.07) is 6.17. The first-order valence-electron chi connectivity index (χ1n) is 8.65. The predicted octanol–water partition coefficient (Wildman–Crippen LogP) is 2.78. The molecule has 1 aromatic carbocycles. The number of ketones is 1. The number of aryl methyl sites for hydroxylation is 2. The minimum absolute atomic E-state index is 0.102. The van der Waals surface area contributed by atoms with Gasteiger partial charge in [-0.05, 0) is 39.0 Å². The van der Waals surface area contributed by atoms with Gasteiger partial charge in [0.15, 0.2) is 23.9 Å². The Morgan fingerprint density at radius 3 is 2.59 bits per heavy atom. The van der Waals surface area contributed by atoms with Crippen molar-refractivity contribution in [3.05, 3.63) is 40.8 Å². The summed E-state index contributed by atoms with van der Waals surface area (Å²) in [5, 5.41) is 20.2. The lowest BCUT2D eigenvalue weighted by Gasteiger charge is -2.12. The number of methoxy groups -OCH3 is 1. The molecule has 152 valence electrons. The van der Waals surface area contributed by atoms with Crippen molar-refractivity contribution >= 4 is 17.5 Å². The number of hydrogen-bond acceptors (Lipinski definition) is 9. The van der Waals surface area contributed by atoms with E-state index in [2.05, 4.69) is 5.16 Å². The molecule has 29 heavy (non-hydrogen) atoms. The second-order valence-electron chi connectivity index (χ2n) is 6.24. The van der Waals surface area contributed by atoms with Gasteiger partial charge in [-0.25, -0.2) is 4.79 Å². The van der Waals surface area contributed by atoms with Crippen LogP contribution in [0.2, 0.25) is 0 Å². The predicted molar refractivity (Wildman–Crippen MR) is 101 cm³/mol. The van der Waals surface area contributed by atoms with E-state index in [1.54, 1.807) is 19.1 Å². The molecular weight excluding hydrogens is 378 g/mol. The van der Waals surface area contributed by atoms with E-state index in [0.717, 1.165) is 11.3 Å². The fourth-order valence-electron chi connectivity index (χ4n) is 2.49. The first-order chi connectivity index (χ1) is 13.8. The number of benzene rings is 1. The smallest absolute Gasteiger partial charge is 0.338 e. The maximum absolute atomic E-state index is 12.2. The molecule has 1 aromatic heterocycles. The minimum Gasteiger partial charge on any atom is -0.493 e. The summed E-state index contributed by atoms with van der Waals surface area (Å²) in [5.74, 6) is -1.26. The second-order valence-corrected chi connectivity index (χ2v) is 6.24. The van der Waals surface area contributed by atoms with Crippen LogP contribution in [0.1, 0.15) is 34.3 Å². The van der Waals surface area contributed by atoms with Crippen LogP contribution in [-0.4, -0.2) is 36.3 Å². The van der Waals surface area contributed by atoms with Crippen LogP contribution in [-0.2, 0) is 16.1 Å². The van der Waals surface area contributed by atoms with Crippen LogP contribution in [0.3, 0.4) is 0 Å². The maximum atomic E-state index is 12.2. The number of ether oxygens (including phenoxy) is 3. The van der Waals surface area contributed by atoms with Gasteiger partial charge >= 0.3 is 5.97 Å². The van der Waals surface area contributed by atoms with Gasteiger partial charge in [0.25, 0.3) is 0 Å². The Balaban J connectivity index is 2.05. The molecule has 0 aliphatic heterocycles. The van der Waals surface area contributed by atoms with E-state index in [0.29, 0.717) is 17.3 Å². The monoisotopic (exact) mass is 399 g/mol. The maximum Gasteiger partial charge on any atom is 0.338 e. The number of Topliss-reactive ketones (excluding diaryl/α,β-unsaturated/α-hetero) is 1. The third-order valence-corrected chi connectivity index (χ3v) is 4.18. The van der Waals surface area contributed by atoms with Gasteiger partial charge in [0.05, 0.1) is 30.0 Å². The first kappa shape index (κ1) is 21.6. The van der Waals surface area contributed by atoms with Crippen LogP contribution >= 0.6 is 0 Å². The molecule has 2 rings (SSSR count). The molecule has 1 atom stereocenters. The Morgan fingerprint density at radius 1 is 1.31 bits per heavy atom. The van der Waals surface area contributed by atoms with Crippen molar-refractivity contribution in [1.82, 2.24) is 5.16 Å². The highest BCUT2D eigenvalue weighted by Crippen LogP contribution is 2.29. The molecule has 1 heterocycles. The van der Waals surface area contributed by atoms with Crippen molar-refractivity contribution in [3.8, 4) is 17.6 Å². The molecule has 0 spiro atoms. The molecule has 0 amide bonds. The van der Waals surface area contributed by atoms with Crippen molar-refractivity contribution in [2.75, 3.05) is 13.7 Å². The Bertz CT molecular complexity index is 954. The zero-order valence-electron chi connectivity index (χ0n) is 16.6. The average Bonchev–Trinajstić information content (AvgIpc) is 3.02. The summed E-state index contributed by atoms with van der Waals surface area (Å²) in [7, 11) is 1.43. The molecule has 0 saturated carbocycles. The molecular formula is C20H21N3O6. The Hall–Kier alpha value is -3.67. The Kier molecular flexibility index (Phi) is 7.09. The highest BCUT2D eigenvalue weighted by atomic mass is 16.5. The van der Waals surface area contributed by atoms with E-state index < -0.39 is 24.3 Å². The van der Waals surface area contributed by atoms with Crippen molar-refractivity contribution in [2.24, 2.45) is 5.92 Å². The van der Waals surface area contributed by atoms with Gasteiger partial charge in [0.2, 0.25) is 0 Å². The summed E-state index contributed by atoms with van der Waals surface area (Å²) < 4.78 is 21.1. The number of carbonyl (C=O) groups excluding carboxylic acids is 2. The van der Waals surface area contributed by atoms with Crippen LogP contribution in [0.25, 0.3) is 0 Å². The van der Waals surface area contributed by atoms with Crippen molar-refractivity contribution < 1.29 is 28.3 Å². The van der Waals surface area contributed by atoms with Gasteiger partial charge in [-0.1, -0.05) is 5.16 Å². The second kappa shape index (κ2) is 9.50. The van der Waals surface area contributed by atoms with Gasteiger partial charge < -0.3 is 24.1 Å². The molecule has 0 unspecified atom stereocenters. The molecule has 0 aliphatic rings. The summed E-state index contributed by atoms with van der Waals surface area (Å²) in [5.41, 5.74) is 1.60. The topological polar surface area (TPSA) is 136 Å². The molecule has 9 nitrogen and oxygen atoms in total. The van der Waals surface area contributed by atoms with Gasteiger partial charge in [0.1, 0.15) is 18.3 Å². The van der Waals surface area contributed by atoms with E-state index in [-0.39, 0.29) is 17.9 Å². The SMILES string of the molecule is COc1cc(C(=O)OCC(=O)[C@@H](C#N)C(C)=N)ccc1OCc1c(C)noc1C. The molecule has 1 N–H and O–H groups in total. The average molecular weight is 399 g/mol. The Labute approximate surface area is 167 Å². The quantitative estimate of drug-likeness (QED) is 0.502. The van der Waals surface area contributed by atoms with E-state index >= 15 is 0 Å². The van der Waals surface area contributed by atoms with Gasteiger partial charge in [-0.2, -0.15) is 5.26 Å². The third-order valence-electron chi connectivity index (χ3n) is 4.18. The van der Waals surface area contributed by atoms with Crippen molar-refractivity contribution in [2.45, 2.75) is 27.4 Å². The number of nitrogens with zero attached hydrogens (tertiary/aromatic N) is 2. The normalized spacial score (nSPS) is 11.3. The van der Waals surface area contributed by atoms with Crippen LogP contribution in [0.5, 0.6) is 11.5 Å². The zero-order valence-corrected chi connectivity index (χ0v) is 16.6. The lowest BCUT2D eigenvalue weighted by atomic mass is 10.0. The number of aromatic nitrogens is 1. The lowest BCUT2D eigenvalue weighted by molar-refractivity contribution is -0.122. The fraction of sp³-hybridized carbons (Fsp3) is 0.350. The zero-order chi connectivity index (χ0) is 21.6. The molecule has 0 aliphatic carbocycles. The van der Waals surface area contributed by atoms with E-state index in [4.69, 9.17) is 29.4 Å². The van der Waals surface area contributed by atoms with E-state index in [1.807, 2.05) is 6.92 Å². The molecule has 0 bridgehead atoms. The Morgan fingerprint density at radius 2 is 2.03 bits per heavy atom. The number of rotatable bonds is 9. The van der Waals surface area contributed by atoms with Crippen molar-refractivity contribution in [3.63, 3.8) is 0 Å². The number of carbonyl (C=O) groups is 2. The summed E-state index contributed by atoms with van der Waals surface area (Å²) in [6.07, 6.45) is 0.